The molecule has 0 N–H and O–H groups in total. The second-order valence-electron chi connectivity index (χ2n) is 4.70. The highest BCUT2D eigenvalue weighted by molar-refractivity contribution is 7.98. The fourth-order valence-electron chi connectivity index (χ4n) is 1.04. The first-order valence-corrected chi connectivity index (χ1v) is 7.09. The van der Waals surface area contributed by atoms with E-state index >= 15 is 0 Å². The highest BCUT2D eigenvalue weighted by atomic mass is 32.2. The van der Waals surface area contributed by atoms with Gasteiger partial charge in [0, 0.05) is 11.9 Å². The van der Waals surface area contributed by atoms with Crippen molar-refractivity contribution in [3.05, 3.63) is 29.6 Å². The van der Waals surface area contributed by atoms with Gasteiger partial charge in [-0.25, -0.2) is 0 Å². The fraction of sp³-hybridized carbons (Fsp3) is 0.571. The molecule has 1 rings (SSSR count). The van der Waals surface area contributed by atoms with E-state index in [1.807, 2.05) is 37.7 Å². The summed E-state index contributed by atoms with van der Waals surface area (Å²) in [5.41, 5.74) is 2.03. The van der Waals surface area contributed by atoms with Crippen molar-refractivity contribution in [2.45, 2.75) is 40.4 Å². The predicted octanol–water partition coefficient (Wildman–Crippen LogP) is 4.26. The van der Waals surface area contributed by atoms with Crippen molar-refractivity contribution in [2.75, 3.05) is 5.75 Å². The number of hydrogen-bond donors (Lipinski definition) is 0. The van der Waals surface area contributed by atoms with Crippen LogP contribution in [0.2, 0.25) is 0 Å². The normalized spacial score (nSPS) is 10.1. The van der Waals surface area contributed by atoms with Crippen molar-refractivity contribution in [3.63, 3.8) is 0 Å². The third kappa shape index (κ3) is 7.82. The molecule has 1 heterocycles. The van der Waals surface area contributed by atoms with Gasteiger partial charge in [0.25, 0.3) is 0 Å². The van der Waals surface area contributed by atoms with Crippen molar-refractivity contribution in [1.29, 1.82) is 5.26 Å². The van der Waals surface area contributed by atoms with Gasteiger partial charge in [-0.15, -0.1) is 0 Å². The van der Waals surface area contributed by atoms with E-state index in [1.54, 1.807) is 6.20 Å². The van der Waals surface area contributed by atoms with Gasteiger partial charge in [-0.2, -0.15) is 17.0 Å². The lowest BCUT2D eigenvalue weighted by molar-refractivity contribution is 0.480. The van der Waals surface area contributed by atoms with E-state index in [9.17, 15) is 0 Å². The molecule has 17 heavy (non-hydrogen) atoms. The van der Waals surface area contributed by atoms with Gasteiger partial charge < -0.3 is 0 Å². The molecule has 2 nitrogen and oxygen atoms in total. The average molecular weight is 250 g/mol. The maximum Gasteiger partial charge on any atom is 0.101 e. The van der Waals surface area contributed by atoms with E-state index in [2.05, 4.69) is 31.8 Å². The Balaban J connectivity index is 0.00000121. The van der Waals surface area contributed by atoms with Crippen molar-refractivity contribution in [3.8, 4) is 6.07 Å². The molecule has 3 heteroatoms. The molecular formula is C14H22N2S. The highest BCUT2D eigenvalue weighted by Gasteiger charge is 2.09. The van der Waals surface area contributed by atoms with Gasteiger partial charge in [-0.1, -0.05) is 34.6 Å². The van der Waals surface area contributed by atoms with Crippen molar-refractivity contribution < 1.29 is 0 Å². The first-order valence-electron chi connectivity index (χ1n) is 5.94. The summed E-state index contributed by atoms with van der Waals surface area (Å²) in [4.78, 5) is 4.23. The molecule has 0 fully saturated rings. The van der Waals surface area contributed by atoms with Crippen LogP contribution in [0.25, 0.3) is 0 Å². The summed E-state index contributed by atoms with van der Waals surface area (Å²) in [6, 6.07) is 5.81. The van der Waals surface area contributed by atoms with Crippen LogP contribution >= 0.6 is 11.8 Å². The Labute approximate surface area is 109 Å². The Morgan fingerprint density at radius 2 is 1.94 bits per heavy atom. The van der Waals surface area contributed by atoms with Crippen LogP contribution in [0.5, 0.6) is 0 Å². The minimum absolute atomic E-state index is 0.358. The second-order valence-corrected chi connectivity index (χ2v) is 5.69. The molecular weight excluding hydrogens is 228 g/mol. The van der Waals surface area contributed by atoms with Gasteiger partial charge in [-0.05, 0) is 23.3 Å². The lowest BCUT2D eigenvalue weighted by Gasteiger charge is -2.16. The van der Waals surface area contributed by atoms with Gasteiger partial charge in [0.1, 0.15) is 6.07 Å². The van der Waals surface area contributed by atoms with Gasteiger partial charge in [0.2, 0.25) is 0 Å². The van der Waals surface area contributed by atoms with Crippen molar-refractivity contribution >= 4 is 11.8 Å². The summed E-state index contributed by atoms with van der Waals surface area (Å²) in [6.45, 7) is 10.7. The molecule has 0 radical (unpaired) electrons. The maximum absolute atomic E-state index is 8.62. The van der Waals surface area contributed by atoms with Gasteiger partial charge >= 0.3 is 0 Å². The number of nitriles is 1. The molecule has 0 aliphatic rings. The van der Waals surface area contributed by atoms with E-state index in [1.165, 1.54) is 0 Å². The SMILES string of the molecule is CC.CC(C)(C)CSCc1ccc(C#N)cn1. The lowest BCUT2D eigenvalue weighted by atomic mass is 10.0. The molecule has 0 aromatic carbocycles. The van der Waals surface area contributed by atoms with Crippen LogP contribution in [0.3, 0.4) is 0 Å². The Morgan fingerprint density at radius 3 is 2.35 bits per heavy atom. The molecule has 0 aliphatic carbocycles. The summed E-state index contributed by atoms with van der Waals surface area (Å²) < 4.78 is 0. The molecule has 0 unspecified atom stereocenters. The van der Waals surface area contributed by atoms with Crippen molar-refractivity contribution in [1.82, 2.24) is 4.98 Å². The average Bonchev–Trinajstić information content (AvgIpc) is 2.31. The van der Waals surface area contributed by atoms with Crippen LogP contribution in [0.1, 0.15) is 45.9 Å². The molecule has 0 spiro atoms. The van der Waals surface area contributed by atoms with Crippen LogP contribution in [-0.4, -0.2) is 10.7 Å². The largest absolute Gasteiger partial charge is 0.259 e. The molecule has 0 saturated carbocycles. The van der Waals surface area contributed by atoms with Crippen LogP contribution in [0.4, 0.5) is 0 Å². The number of aromatic nitrogens is 1. The van der Waals surface area contributed by atoms with Crippen LogP contribution in [0, 0.1) is 16.7 Å². The molecule has 0 amide bonds. The van der Waals surface area contributed by atoms with Crippen LogP contribution in [-0.2, 0) is 5.75 Å². The summed E-state index contributed by atoms with van der Waals surface area (Å²) in [7, 11) is 0. The molecule has 94 valence electrons. The number of rotatable bonds is 3. The monoisotopic (exact) mass is 250 g/mol. The molecule has 0 atom stereocenters. The van der Waals surface area contributed by atoms with Gasteiger partial charge in [0.15, 0.2) is 0 Å². The molecule has 0 aliphatic heterocycles. The Kier molecular flexibility index (Phi) is 7.65. The standard InChI is InChI=1S/C12H16N2S.C2H6/c1-12(2,3)9-15-8-11-5-4-10(6-13)7-14-11;1-2/h4-5,7H,8-9H2,1-3H3;1-2H3. The first-order chi connectivity index (χ1) is 8.01. The summed E-state index contributed by atoms with van der Waals surface area (Å²) >= 11 is 1.88. The van der Waals surface area contributed by atoms with E-state index in [0.29, 0.717) is 11.0 Å². The third-order valence-corrected chi connectivity index (χ3v) is 3.31. The Hall–Kier alpha value is -1.01. The minimum Gasteiger partial charge on any atom is -0.259 e. The first kappa shape index (κ1) is 16.0. The van der Waals surface area contributed by atoms with Gasteiger partial charge in [0.05, 0.1) is 11.3 Å². The Morgan fingerprint density at radius 1 is 1.29 bits per heavy atom. The van der Waals surface area contributed by atoms with Gasteiger partial charge in [-0.3, -0.25) is 4.98 Å². The summed E-state index contributed by atoms with van der Waals surface area (Å²) in [6.07, 6.45) is 1.63. The van der Waals surface area contributed by atoms with E-state index < -0.39 is 0 Å². The van der Waals surface area contributed by atoms with Crippen molar-refractivity contribution in [2.24, 2.45) is 5.41 Å². The zero-order chi connectivity index (χ0) is 13.3. The lowest BCUT2D eigenvalue weighted by Crippen LogP contribution is -2.08. The number of hydrogen-bond acceptors (Lipinski definition) is 3. The number of thioether (sulfide) groups is 1. The molecule has 0 saturated heterocycles. The smallest absolute Gasteiger partial charge is 0.101 e. The summed E-state index contributed by atoms with van der Waals surface area (Å²) in [5.74, 6) is 2.04. The highest BCUT2D eigenvalue weighted by Crippen LogP contribution is 2.22. The van der Waals surface area contributed by atoms with Crippen LogP contribution in [0.15, 0.2) is 18.3 Å². The quantitative estimate of drug-likeness (QED) is 0.804. The summed E-state index contributed by atoms with van der Waals surface area (Å²) in [5, 5.41) is 8.62. The Bertz CT molecular complexity index is 344. The number of nitrogens with zero attached hydrogens (tertiary/aromatic N) is 2. The van der Waals surface area contributed by atoms with Crippen LogP contribution < -0.4 is 0 Å². The van der Waals surface area contributed by atoms with E-state index in [4.69, 9.17) is 5.26 Å². The third-order valence-electron chi connectivity index (χ3n) is 1.74. The zero-order valence-corrected chi connectivity index (χ0v) is 12.3. The number of pyridine rings is 1. The van der Waals surface area contributed by atoms with E-state index in [-0.39, 0.29) is 0 Å². The maximum atomic E-state index is 8.62. The molecule has 1 aromatic rings. The zero-order valence-electron chi connectivity index (χ0n) is 11.4. The topological polar surface area (TPSA) is 36.7 Å². The molecule has 1 aromatic heterocycles. The predicted molar refractivity (Wildman–Crippen MR) is 75.9 cm³/mol. The fourth-order valence-corrected chi connectivity index (χ4v) is 2.13. The molecule has 0 bridgehead atoms. The van der Waals surface area contributed by atoms with E-state index in [0.717, 1.165) is 17.2 Å². The second kappa shape index (κ2) is 8.14. The minimum atomic E-state index is 0.358.